The van der Waals surface area contributed by atoms with Crippen LogP contribution >= 0.6 is 0 Å². The minimum absolute atomic E-state index is 0.226. The third-order valence-corrected chi connectivity index (χ3v) is 20.8. The lowest BCUT2D eigenvalue weighted by Gasteiger charge is -2.51. The molecule has 3 aromatic carbocycles. The second-order valence-electron chi connectivity index (χ2n) is 28.5. The number of nitrogens with zero attached hydrogens (tertiary/aromatic N) is 6. The zero-order chi connectivity index (χ0) is 92.3. The Morgan fingerprint density at radius 2 is 0.480 bits per heavy atom. The molecule has 62 heteroatoms. The Bertz CT molecular complexity index is 4360. The van der Waals surface area contributed by atoms with Gasteiger partial charge in [0.2, 0.25) is 17.2 Å². The average molecular weight is 1840 g/mol. The minimum atomic E-state index is -6.37. The quantitative estimate of drug-likeness (QED) is 0.0301. The average Bonchev–Trinajstić information content (AvgIpc) is 0.759. The number of alkyl halides is 9. The first-order valence-electron chi connectivity index (χ1n) is 36.1. The van der Waals surface area contributed by atoms with Gasteiger partial charge in [0.15, 0.2) is 56.2 Å². The number of halogens is 9. The van der Waals surface area contributed by atoms with Crippen molar-refractivity contribution in [1.82, 2.24) is 0 Å². The van der Waals surface area contributed by atoms with Crippen molar-refractivity contribution in [1.29, 1.82) is 0 Å². The first kappa shape index (κ1) is 97.2. The minimum Gasteiger partial charge on any atom is -0.484 e. The highest BCUT2D eigenvalue weighted by Gasteiger charge is 2.63. The summed E-state index contributed by atoms with van der Waals surface area (Å²) in [5.74, 6) is -7.26. The van der Waals surface area contributed by atoms with E-state index in [1.807, 2.05) is 0 Å². The molecule has 21 heterocycles. The first-order chi connectivity index (χ1) is 58.5. The summed E-state index contributed by atoms with van der Waals surface area (Å²) in [6.45, 7) is -11.2. The Morgan fingerprint density at radius 1 is 0.272 bits per heavy atom. The summed E-state index contributed by atoms with van der Waals surface area (Å²) in [4.78, 5) is 64.8. The predicted octanol–water partition coefficient (Wildman–Crippen LogP) is -6.46. The SMILES string of the molecule is O=[N+]([O-])c1cc([N+](=O)[O-])c(OCC2OC3OC4C(CO)OC(OC5C(CO)OC(OC6C(CO)OC(OC7C(CO)OC(OC8C(CO)OC(OC9C(CO)OC(OC2C(Oc2c([N+](=O)[O-])cc([N+](=O)[O-])cc2C(F)(F)F)C3Oc2c([N+](=O)[O-])cc([N+](=O)[O-])cc2C(F)(F)F)C(O)C9O)C(O)C8O)C(O)C7O)C(O)C6O)C(O)C5O)C(O)C4O)c(C(F)(F)F)c1. The Morgan fingerprint density at radius 3 is 0.704 bits per heavy atom. The molecule has 3 aromatic rings. The highest BCUT2D eigenvalue weighted by Crippen LogP contribution is 2.52. The number of aliphatic hydroxyl groups is 18. The van der Waals surface area contributed by atoms with Crippen LogP contribution in [0.5, 0.6) is 17.2 Å². The van der Waals surface area contributed by atoms with E-state index in [-0.39, 0.29) is 18.2 Å². The number of hydrogen-bond acceptors (Lipinski definition) is 47. The number of nitro groups is 6. The standard InChI is InChI=1S/C63H73F9N6O47/c64-61(65,66)17-1-14(73(97)98)4-20(76(103)104)42(17)109-13-29-51-52(117-43-18(62(67,68)69)2-15(74(99)100)5-21(43)77(105)106)53(118-44-19(63(70,71)72)3-16(75(101)102)6-22(44)78(107)108)60(116-29)124-50-28(12-84)114-58(40(95)35(50)90)122-48-26(10-82)112-56(38(93)33(48)88)120-46-24(8-80)110-54(36(91)31(46)86)119-45-23(7-79)111-55(37(92)30(45)85)121-47-25(9-81)113-57(39(94)32(47)87)123-49-27(11-83)115-59(125-51)41(96)34(49)89/h1-6,23-41,45-60,79-96H,7-13H2. The molecule has 18 N–H and O–H groups in total. The number of ether oxygens (including phenoxy) is 17. The lowest BCUT2D eigenvalue weighted by atomic mass is 9.94. The smallest absolute Gasteiger partial charge is 0.420 e. The highest BCUT2D eigenvalue weighted by molar-refractivity contribution is 5.62. The summed E-state index contributed by atoms with van der Waals surface area (Å²) in [6.07, 6.45) is -114. The van der Waals surface area contributed by atoms with Crippen molar-refractivity contribution in [3.05, 3.63) is 114 Å². The Kier molecular flexibility index (Phi) is 29.9. The second kappa shape index (κ2) is 38.5. The van der Waals surface area contributed by atoms with Gasteiger partial charge >= 0.3 is 35.6 Å². The molecular formula is C63H73F9N6O47. The van der Waals surface area contributed by atoms with Crippen LogP contribution in [-0.2, 0) is 84.8 Å². The van der Waals surface area contributed by atoms with Crippen molar-refractivity contribution in [3.8, 4) is 17.2 Å². The molecule has 0 spiro atoms. The van der Waals surface area contributed by atoms with Gasteiger partial charge in [-0.3, -0.25) is 60.7 Å². The van der Waals surface area contributed by atoms with E-state index < -0.39 is 396 Å². The maximum Gasteiger partial charge on any atom is 0.420 e. The molecule has 0 saturated carbocycles. The maximum absolute atomic E-state index is 15.9. The summed E-state index contributed by atoms with van der Waals surface area (Å²) < 4.78 is 237. The molecule has 0 amide bonds. The summed E-state index contributed by atoms with van der Waals surface area (Å²) in [5, 5.41) is 281. The molecule has 0 radical (unpaired) electrons. The number of aliphatic hydroxyl groups excluding tert-OH is 18. The van der Waals surface area contributed by atoms with Gasteiger partial charge in [-0.05, 0) is 0 Å². The van der Waals surface area contributed by atoms with Crippen LogP contribution in [0.25, 0.3) is 0 Å². The second-order valence-corrected chi connectivity index (χ2v) is 28.5. The molecule has 35 unspecified atom stereocenters. The van der Waals surface area contributed by atoms with Crippen LogP contribution in [0.2, 0.25) is 0 Å². The van der Waals surface area contributed by atoms with E-state index in [1.165, 1.54) is 0 Å². The zero-order valence-electron chi connectivity index (χ0n) is 62.1. The monoisotopic (exact) mass is 1840 g/mol. The van der Waals surface area contributed by atoms with Crippen LogP contribution in [0.4, 0.5) is 73.6 Å². The van der Waals surface area contributed by atoms with Gasteiger partial charge < -0.3 is 172 Å². The van der Waals surface area contributed by atoms with Gasteiger partial charge in [0.05, 0.1) is 87.4 Å². The fourth-order valence-electron chi connectivity index (χ4n) is 14.6. The molecule has 21 saturated heterocycles. The van der Waals surface area contributed by atoms with Crippen molar-refractivity contribution in [2.24, 2.45) is 0 Å². The van der Waals surface area contributed by atoms with E-state index >= 15 is 39.5 Å². The van der Waals surface area contributed by atoms with Gasteiger partial charge in [-0.25, -0.2) is 0 Å². The van der Waals surface area contributed by atoms with Gasteiger partial charge in [-0.2, -0.15) is 39.5 Å². The molecule has 14 bridgehead atoms. The molecule has 35 atom stereocenters. The summed E-state index contributed by atoms with van der Waals surface area (Å²) in [5.41, 5.74) is -20.5. The van der Waals surface area contributed by atoms with Crippen molar-refractivity contribution in [3.63, 3.8) is 0 Å². The largest absolute Gasteiger partial charge is 0.484 e. The van der Waals surface area contributed by atoms with Crippen molar-refractivity contribution in [2.45, 2.75) is 233 Å². The van der Waals surface area contributed by atoms with Crippen LogP contribution < -0.4 is 14.2 Å². The predicted molar refractivity (Wildman–Crippen MR) is 358 cm³/mol. The number of nitro benzene ring substituents is 6. The van der Waals surface area contributed by atoms with Crippen LogP contribution in [0.3, 0.4) is 0 Å². The molecule has 0 aliphatic carbocycles. The van der Waals surface area contributed by atoms with E-state index in [4.69, 9.17) is 80.5 Å². The number of benzene rings is 3. The van der Waals surface area contributed by atoms with Gasteiger partial charge in [0.1, 0.15) is 182 Å². The third-order valence-electron chi connectivity index (χ3n) is 20.8. The van der Waals surface area contributed by atoms with E-state index in [0.29, 0.717) is 0 Å². The zero-order valence-corrected chi connectivity index (χ0v) is 62.1. The van der Waals surface area contributed by atoms with E-state index in [2.05, 4.69) is 0 Å². The van der Waals surface area contributed by atoms with Crippen LogP contribution in [-0.4, -0.2) is 383 Å². The molecule has 24 rings (SSSR count). The normalized spacial score (nSPS) is 38.8. The van der Waals surface area contributed by atoms with Crippen LogP contribution in [0.1, 0.15) is 16.7 Å². The maximum atomic E-state index is 15.9. The molecule has 21 fully saturated rings. The number of hydrogen-bond donors (Lipinski definition) is 18. The van der Waals surface area contributed by atoms with Gasteiger partial charge in [0, 0.05) is 18.2 Å². The summed E-state index contributed by atoms with van der Waals surface area (Å²) >= 11 is 0. The molecule has 21 aliphatic rings. The van der Waals surface area contributed by atoms with E-state index in [9.17, 15) is 153 Å². The van der Waals surface area contributed by atoms with Gasteiger partial charge in [0.25, 0.3) is 17.1 Å². The van der Waals surface area contributed by atoms with Gasteiger partial charge in [-0.1, -0.05) is 0 Å². The fraction of sp³-hybridized carbons (Fsp3) is 0.714. The lowest BCUT2D eigenvalue weighted by Crippen LogP contribution is -2.69. The van der Waals surface area contributed by atoms with Crippen LogP contribution in [0.15, 0.2) is 36.4 Å². The Balaban J connectivity index is 1.13. The third kappa shape index (κ3) is 19.8. The van der Waals surface area contributed by atoms with E-state index in [0.717, 1.165) is 0 Å². The Hall–Kier alpha value is -8.45. The van der Waals surface area contributed by atoms with Crippen molar-refractivity contribution < 1.29 is 241 Å². The van der Waals surface area contributed by atoms with Gasteiger partial charge in [-0.15, -0.1) is 0 Å². The van der Waals surface area contributed by atoms with E-state index in [1.54, 1.807) is 0 Å². The fourth-order valence-corrected chi connectivity index (χ4v) is 14.6. The van der Waals surface area contributed by atoms with Crippen LogP contribution in [0, 0.1) is 60.7 Å². The molecule has 21 aliphatic heterocycles. The molecule has 53 nitrogen and oxygen atoms in total. The molecular weight excluding hydrogens is 1760 g/mol. The Labute approximate surface area is 685 Å². The molecule has 125 heavy (non-hydrogen) atoms. The lowest BCUT2D eigenvalue weighted by molar-refractivity contribution is -0.400. The summed E-state index contributed by atoms with van der Waals surface area (Å²) in [7, 11) is 0. The molecule has 0 aromatic heterocycles. The topological polar surface area (TPSA) is 780 Å². The van der Waals surface area contributed by atoms with Crippen molar-refractivity contribution >= 4 is 34.1 Å². The first-order valence-corrected chi connectivity index (χ1v) is 36.1. The highest BCUT2D eigenvalue weighted by atomic mass is 19.4. The molecule has 700 valence electrons. The van der Waals surface area contributed by atoms with Crippen molar-refractivity contribution in [2.75, 3.05) is 46.2 Å². The number of non-ortho nitro benzene ring substituents is 3. The number of rotatable bonds is 19. The summed E-state index contributed by atoms with van der Waals surface area (Å²) in [6, 6.07) is -2.55.